The number of carbonyl (C=O) groups is 2. The van der Waals surface area contributed by atoms with Crippen LogP contribution in [0.1, 0.15) is 23.5 Å². The lowest BCUT2D eigenvalue weighted by Gasteiger charge is -2.32. The van der Waals surface area contributed by atoms with Gasteiger partial charge in [-0.05, 0) is 47.5 Å². The number of anilines is 1. The predicted octanol–water partition coefficient (Wildman–Crippen LogP) is 5.26. The first-order valence-electron chi connectivity index (χ1n) is 10.9. The molecule has 0 aliphatic carbocycles. The van der Waals surface area contributed by atoms with Gasteiger partial charge in [-0.25, -0.2) is 4.79 Å². The van der Waals surface area contributed by atoms with Crippen LogP contribution >= 0.6 is 11.6 Å². The molecular formula is C27H22ClNO5. The Morgan fingerprint density at radius 1 is 1.00 bits per heavy atom. The van der Waals surface area contributed by atoms with Gasteiger partial charge in [-0.1, -0.05) is 48.0 Å². The van der Waals surface area contributed by atoms with Gasteiger partial charge in [0.15, 0.2) is 11.5 Å². The average molecular weight is 476 g/mol. The largest absolute Gasteiger partial charge is 0.493 e. The summed E-state index contributed by atoms with van der Waals surface area (Å²) in [5.74, 6) is 0.192. The number of para-hydroxylation sites is 1. The summed E-state index contributed by atoms with van der Waals surface area (Å²) in [7, 11) is 1.56. The van der Waals surface area contributed by atoms with Gasteiger partial charge in [0.05, 0.1) is 18.4 Å². The Morgan fingerprint density at radius 2 is 1.76 bits per heavy atom. The van der Waals surface area contributed by atoms with Gasteiger partial charge < -0.3 is 14.2 Å². The Kier molecular flexibility index (Phi) is 5.99. The molecule has 2 heterocycles. The van der Waals surface area contributed by atoms with Crippen molar-refractivity contribution in [2.75, 3.05) is 18.6 Å². The van der Waals surface area contributed by atoms with Gasteiger partial charge in [0.2, 0.25) is 5.91 Å². The van der Waals surface area contributed by atoms with Crippen molar-refractivity contribution in [2.45, 2.75) is 18.9 Å². The predicted molar refractivity (Wildman–Crippen MR) is 128 cm³/mol. The fourth-order valence-corrected chi connectivity index (χ4v) is 4.50. The van der Waals surface area contributed by atoms with Crippen LogP contribution in [0.4, 0.5) is 5.69 Å². The third kappa shape index (κ3) is 4.13. The van der Waals surface area contributed by atoms with E-state index in [-0.39, 0.29) is 18.9 Å². The number of methoxy groups -OCH3 is 1. The molecule has 0 saturated carbocycles. The smallest absolute Gasteiger partial charge is 0.336 e. The zero-order valence-corrected chi connectivity index (χ0v) is 19.2. The van der Waals surface area contributed by atoms with Crippen LogP contribution in [0.15, 0.2) is 84.1 Å². The number of carbonyl (C=O) groups excluding carboxylic acids is 2. The van der Waals surface area contributed by atoms with Crippen LogP contribution < -0.4 is 14.4 Å². The van der Waals surface area contributed by atoms with E-state index in [0.717, 1.165) is 16.8 Å². The zero-order chi connectivity index (χ0) is 23.7. The lowest BCUT2D eigenvalue weighted by molar-refractivity contribution is -0.136. The first-order chi connectivity index (χ1) is 16.5. The number of rotatable bonds is 6. The Balaban J connectivity index is 1.45. The minimum absolute atomic E-state index is 0.0741. The van der Waals surface area contributed by atoms with E-state index in [2.05, 4.69) is 0 Å². The number of hydrogen-bond acceptors (Lipinski definition) is 5. The molecule has 172 valence electrons. The number of nitrogens with zero attached hydrogens (tertiary/aromatic N) is 1. The van der Waals surface area contributed by atoms with Crippen LogP contribution in [0.5, 0.6) is 11.5 Å². The molecule has 3 aromatic rings. The van der Waals surface area contributed by atoms with Crippen LogP contribution in [0.25, 0.3) is 0 Å². The van der Waals surface area contributed by atoms with E-state index in [1.807, 2.05) is 66.7 Å². The number of benzene rings is 3. The highest BCUT2D eigenvalue weighted by Gasteiger charge is 2.43. The van der Waals surface area contributed by atoms with Gasteiger partial charge >= 0.3 is 5.97 Å². The summed E-state index contributed by atoms with van der Waals surface area (Å²) in [6.45, 7) is 0.424. The van der Waals surface area contributed by atoms with Crippen molar-refractivity contribution >= 4 is 29.2 Å². The molecule has 1 amide bonds. The molecule has 2 aliphatic heterocycles. The van der Waals surface area contributed by atoms with E-state index in [1.165, 1.54) is 0 Å². The Labute approximate surface area is 202 Å². The molecule has 0 N–H and O–H groups in total. The SMILES string of the molecule is COc1cc(C2CC(=O)N(c3ccccc3)C3=C2C(=O)OC3)ccc1OCc1ccc(Cl)cc1. The van der Waals surface area contributed by atoms with Crippen molar-refractivity contribution in [1.29, 1.82) is 0 Å². The number of hydrogen-bond donors (Lipinski definition) is 0. The summed E-state index contributed by atoms with van der Waals surface area (Å²) in [5, 5.41) is 0.664. The molecule has 0 radical (unpaired) electrons. The topological polar surface area (TPSA) is 65.1 Å². The van der Waals surface area contributed by atoms with Crippen molar-refractivity contribution in [2.24, 2.45) is 0 Å². The lowest BCUT2D eigenvalue weighted by atomic mass is 9.84. The molecule has 34 heavy (non-hydrogen) atoms. The molecule has 0 aromatic heterocycles. The Morgan fingerprint density at radius 3 is 2.50 bits per heavy atom. The van der Waals surface area contributed by atoms with Gasteiger partial charge in [-0.3, -0.25) is 9.69 Å². The molecule has 5 rings (SSSR count). The highest BCUT2D eigenvalue weighted by molar-refractivity contribution is 6.30. The minimum Gasteiger partial charge on any atom is -0.493 e. The average Bonchev–Trinajstić information content (AvgIpc) is 3.24. The molecule has 2 aliphatic rings. The van der Waals surface area contributed by atoms with Crippen molar-refractivity contribution in [3.8, 4) is 11.5 Å². The summed E-state index contributed by atoms with van der Waals surface area (Å²) in [6, 6.07) is 22.2. The molecule has 0 bridgehead atoms. The monoisotopic (exact) mass is 475 g/mol. The number of halogens is 1. The van der Waals surface area contributed by atoms with E-state index in [9.17, 15) is 9.59 Å². The van der Waals surface area contributed by atoms with Gasteiger partial charge in [-0.2, -0.15) is 0 Å². The van der Waals surface area contributed by atoms with Crippen LogP contribution in [0, 0.1) is 0 Å². The fraction of sp³-hybridized carbons (Fsp3) is 0.185. The normalized spacial score (nSPS) is 17.5. The number of ether oxygens (including phenoxy) is 3. The molecule has 0 saturated heterocycles. The molecule has 6 nitrogen and oxygen atoms in total. The van der Waals surface area contributed by atoms with Crippen LogP contribution in [0.3, 0.4) is 0 Å². The second-order valence-electron chi connectivity index (χ2n) is 8.08. The number of esters is 1. The van der Waals surface area contributed by atoms with Crippen LogP contribution in [-0.4, -0.2) is 25.6 Å². The minimum atomic E-state index is -0.420. The molecular weight excluding hydrogens is 454 g/mol. The van der Waals surface area contributed by atoms with Crippen LogP contribution in [-0.2, 0) is 20.9 Å². The van der Waals surface area contributed by atoms with Crippen molar-refractivity contribution in [3.05, 3.63) is 100 Å². The zero-order valence-electron chi connectivity index (χ0n) is 18.5. The second kappa shape index (κ2) is 9.23. The lowest BCUT2D eigenvalue weighted by Crippen LogP contribution is -2.37. The van der Waals surface area contributed by atoms with E-state index < -0.39 is 11.9 Å². The number of amides is 1. The molecule has 7 heteroatoms. The first kappa shape index (κ1) is 22.0. The van der Waals surface area contributed by atoms with Crippen molar-refractivity contribution in [1.82, 2.24) is 0 Å². The maximum Gasteiger partial charge on any atom is 0.336 e. The van der Waals surface area contributed by atoms with Gasteiger partial charge in [0, 0.05) is 23.0 Å². The van der Waals surface area contributed by atoms with Gasteiger partial charge in [0.1, 0.15) is 13.2 Å². The fourth-order valence-electron chi connectivity index (χ4n) is 4.38. The van der Waals surface area contributed by atoms with E-state index in [0.29, 0.717) is 34.4 Å². The maximum absolute atomic E-state index is 13.2. The van der Waals surface area contributed by atoms with Crippen LogP contribution in [0.2, 0.25) is 5.02 Å². The Bertz CT molecular complexity index is 1270. The summed E-state index contributed by atoms with van der Waals surface area (Å²) >= 11 is 5.95. The standard InChI is InChI=1S/C27H22ClNO5/c1-32-24-13-18(9-12-23(24)33-15-17-7-10-19(28)11-8-17)21-14-25(30)29(20-5-3-2-4-6-20)22-16-34-27(31)26(21)22/h2-13,21H,14-16H2,1H3. The summed E-state index contributed by atoms with van der Waals surface area (Å²) in [5.41, 5.74) is 3.60. The van der Waals surface area contributed by atoms with Crippen molar-refractivity contribution < 1.29 is 23.8 Å². The molecule has 1 unspecified atom stereocenters. The van der Waals surface area contributed by atoms with Gasteiger partial charge in [0.25, 0.3) is 0 Å². The third-order valence-electron chi connectivity index (χ3n) is 6.03. The quantitative estimate of drug-likeness (QED) is 0.455. The highest BCUT2D eigenvalue weighted by atomic mass is 35.5. The molecule has 1 atom stereocenters. The highest BCUT2D eigenvalue weighted by Crippen LogP contribution is 2.43. The molecule has 0 fully saturated rings. The number of cyclic esters (lactones) is 1. The molecule has 3 aromatic carbocycles. The summed E-state index contributed by atoms with van der Waals surface area (Å²) in [6.07, 6.45) is 0.150. The van der Waals surface area contributed by atoms with E-state index in [1.54, 1.807) is 18.1 Å². The maximum atomic E-state index is 13.2. The van der Waals surface area contributed by atoms with Crippen molar-refractivity contribution in [3.63, 3.8) is 0 Å². The van der Waals surface area contributed by atoms with E-state index in [4.69, 9.17) is 25.8 Å². The summed E-state index contributed by atoms with van der Waals surface area (Å²) in [4.78, 5) is 27.5. The summed E-state index contributed by atoms with van der Waals surface area (Å²) < 4.78 is 16.9. The molecule has 0 spiro atoms. The second-order valence-corrected chi connectivity index (χ2v) is 8.52. The Hall–Kier alpha value is -3.77. The van der Waals surface area contributed by atoms with Gasteiger partial charge in [-0.15, -0.1) is 0 Å². The third-order valence-corrected chi connectivity index (χ3v) is 6.28. The first-order valence-corrected chi connectivity index (χ1v) is 11.3. The van der Waals surface area contributed by atoms with E-state index >= 15 is 0 Å².